The van der Waals surface area contributed by atoms with Gasteiger partial charge < -0.3 is 10.6 Å². The van der Waals surface area contributed by atoms with E-state index in [2.05, 4.69) is 17.6 Å². The maximum Gasteiger partial charge on any atom is 0.273 e. The zero-order valence-electron chi connectivity index (χ0n) is 10.8. The normalized spacial score (nSPS) is 16.1. The molecule has 1 atom stereocenters. The van der Waals surface area contributed by atoms with Crippen LogP contribution in [0.2, 0.25) is 0 Å². The van der Waals surface area contributed by atoms with Crippen molar-refractivity contribution >= 4 is 17.1 Å². The Morgan fingerprint density at radius 3 is 2.61 bits per heavy atom. The second-order valence-corrected chi connectivity index (χ2v) is 5.00. The maximum atomic E-state index is 10.8. The summed E-state index contributed by atoms with van der Waals surface area (Å²) in [6, 6.07) is 5.38. The van der Waals surface area contributed by atoms with E-state index in [1.807, 2.05) is 6.07 Å². The van der Waals surface area contributed by atoms with Crippen LogP contribution in [0.15, 0.2) is 18.2 Å². The number of rotatable bonds is 6. The second kappa shape index (κ2) is 5.25. The molecule has 1 aromatic carbocycles. The lowest BCUT2D eigenvalue weighted by molar-refractivity contribution is -0.384. The van der Waals surface area contributed by atoms with Gasteiger partial charge in [-0.1, -0.05) is 12.8 Å². The van der Waals surface area contributed by atoms with E-state index < -0.39 is 0 Å². The number of non-ortho nitro benzene ring substituents is 1. The lowest BCUT2D eigenvalue weighted by Crippen LogP contribution is -2.15. The zero-order chi connectivity index (χ0) is 13.1. The molecule has 1 saturated carbocycles. The fourth-order valence-corrected chi connectivity index (χ4v) is 2.14. The van der Waals surface area contributed by atoms with Crippen LogP contribution in [-0.4, -0.2) is 18.0 Å². The molecule has 0 aromatic heterocycles. The van der Waals surface area contributed by atoms with Crippen molar-refractivity contribution in [2.45, 2.75) is 32.2 Å². The Morgan fingerprint density at radius 2 is 2.06 bits per heavy atom. The van der Waals surface area contributed by atoms with E-state index in [1.54, 1.807) is 13.1 Å². The number of nitrogens with one attached hydrogen (secondary N) is 2. The summed E-state index contributed by atoms with van der Waals surface area (Å²) < 4.78 is 0. The molecule has 98 valence electrons. The van der Waals surface area contributed by atoms with Gasteiger partial charge >= 0.3 is 0 Å². The minimum Gasteiger partial charge on any atom is -0.388 e. The molecule has 2 rings (SSSR count). The number of nitrogens with zero attached hydrogens (tertiary/aromatic N) is 1. The minimum atomic E-state index is -0.364. The number of nitro benzene ring substituents is 1. The molecule has 0 bridgehead atoms. The average molecular weight is 249 g/mol. The zero-order valence-corrected chi connectivity index (χ0v) is 10.8. The molecule has 1 fully saturated rings. The van der Waals surface area contributed by atoms with Crippen LogP contribution in [-0.2, 0) is 0 Å². The lowest BCUT2D eigenvalue weighted by atomic mass is 10.1. The number of hydrogen-bond acceptors (Lipinski definition) is 4. The van der Waals surface area contributed by atoms with E-state index in [1.165, 1.54) is 18.9 Å². The molecule has 0 heterocycles. The molecule has 1 aromatic rings. The molecular weight excluding hydrogens is 230 g/mol. The summed E-state index contributed by atoms with van der Waals surface area (Å²) in [6.45, 7) is 2.12. The number of nitro groups is 1. The summed E-state index contributed by atoms with van der Waals surface area (Å²) in [6.07, 6.45) is 3.78. The predicted octanol–water partition coefficient (Wildman–Crippen LogP) is 3.24. The van der Waals surface area contributed by atoms with Crippen LogP contribution >= 0.6 is 0 Å². The Hall–Kier alpha value is -1.78. The Bertz CT molecular complexity index is 444. The van der Waals surface area contributed by atoms with Crippen molar-refractivity contribution in [1.29, 1.82) is 0 Å². The molecule has 2 N–H and O–H groups in total. The highest BCUT2D eigenvalue weighted by Gasteiger charge is 2.23. The van der Waals surface area contributed by atoms with Gasteiger partial charge in [0, 0.05) is 36.6 Å². The molecule has 1 unspecified atom stereocenters. The van der Waals surface area contributed by atoms with E-state index in [-0.39, 0.29) is 10.6 Å². The smallest absolute Gasteiger partial charge is 0.273 e. The number of hydrogen-bond donors (Lipinski definition) is 2. The largest absolute Gasteiger partial charge is 0.388 e. The van der Waals surface area contributed by atoms with Gasteiger partial charge in [-0.2, -0.15) is 0 Å². The van der Waals surface area contributed by atoms with E-state index in [0.717, 1.165) is 23.7 Å². The first-order valence-corrected chi connectivity index (χ1v) is 6.32. The van der Waals surface area contributed by atoms with E-state index in [9.17, 15) is 10.1 Å². The van der Waals surface area contributed by atoms with E-state index >= 15 is 0 Å². The highest BCUT2D eigenvalue weighted by atomic mass is 16.6. The van der Waals surface area contributed by atoms with E-state index in [4.69, 9.17) is 0 Å². The highest BCUT2D eigenvalue weighted by Crippen LogP contribution is 2.34. The first-order chi connectivity index (χ1) is 8.58. The molecule has 1 aliphatic carbocycles. The van der Waals surface area contributed by atoms with Gasteiger partial charge in [0.1, 0.15) is 0 Å². The van der Waals surface area contributed by atoms with Crippen molar-refractivity contribution in [3.63, 3.8) is 0 Å². The van der Waals surface area contributed by atoms with Gasteiger partial charge in [-0.05, 0) is 25.3 Å². The molecule has 0 saturated heterocycles. The lowest BCUT2D eigenvalue weighted by Gasteiger charge is -2.15. The van der Waals surface area contributed by atoms with Crippen molar-refractivity contribution in [1.82, 2.24) is 0 Å². The first-order valence-electron chi connectivity index (χ1n) is 6.32. The summed E-state index contributed by atoms with van der Waals surface area (Å²) >= 11 is 0. The van der Waals surface area contributed by atoms with Gasteiger partial charge in [0.05, 0.1) is 4.92 Å². The third kappa shape index (κ3) is 3.35. The van der Waals surface area contributed by atoms with Crippen LogP contribution in [0.5, 0.6) is 0 Å². The molecule has 0 spiro atoms. The summed E-state index contributed by atoms with van der Waals surface area (Å²) in [5, 5.41) is 17.1. The van der Waals surface area contributed by atoms with Crippen molar-refractivity contribution in [2.24, 2.45) is 5.92 Å². The van der Waals surface area contributed by atoms with Crippen molar-refractivity contribution < 1.29 is 4.92 Å². The third-order valence-electron chi connectivity index (χ3n) is 3.21. The quantitative estimate of drug-likeness (QED) is 0.600. The highest BCUT2D eigenvalue weighted by molar-refractivity contribution is 5.63. The fraction of sp³-hybridized carbons (Fsp3) is 0.538. The monoisotopic (exact) mass is 249 g/mol. The van der Waals surface area contributed by atoms with Gasteiger partial charge in [-0.15, -0.1) is 0 Å². The fourth-order valence-electron chi connectivity index (χ4n) is 2.14. The molecule has 5 heteroatoms. The van der Waals surface area contributed by atoms with Crippen LogP contribution < -0.4 is 10.6 Å². The summed E-state index contributed by atoms with van der Waals surface area (Å²) in [7, 11) is 1.76. The van der Waals surface area contributed by atoms with Crippen LogP contribution in [0.1, 0.15) is 26.2 Å². The minimum absolute atomic E-state index is 0.114. The molecule has 5 nitrogen and oxygen atoms in total. The molecule has 18 heavy (non-hydrogen) atoms. The third-order valence-corrected chi connectivity index (χ3v) is 3.21. The van der Waals surface area contributed by atoms with Gasteiger partial charge in [0.15, 0.2) is 0 Å². The standard InChI is InChI=1S/C13H19N3O2/c1-9(5-10-3-4-10)15-12-6-11(14-2)7-13(8-12)16(17)18/h6-10,14-15H,3-5H2,1-2H3. The van der Waals surface area contributed by atoms with E-state index in [0.29, 0.717) is 6.04 Å². The molecule has 0 aliphatic heterocycles. The first kappa shape index (κ1) is 12.7. The number of benzene rings is 1. The van der Waals surface area contributed by atoms with Crippen LogP contribution in [0.4, 0.5) is 17.1 Å². The van der Waals surface area contributed by atoms with Crippen LogP contribution in [0.25, 0.3) is 0 Å². The summed E-state index contributed by atoms with van der Waals surface area (Å²) in [5.74, 6) is 0.843. The molecule has 1 aliphatic rings. The molecule has 0 amide bonds. The van der Waals surface area contributed by atoms with Crippen molar-refractivity contribution in [3.05, 3.63) is 28.3 Å². The van der Waals surface area contributed by atoms with Gasteiger partial charge in [-0.3, -0.25) is 10.1 Å². The number of anilines is 2. The molecule has 0 radical (unpaired) electrons. The summed E-state index contributed by atoms with van der Waals surface area (Å²) in [4.78, 5) is 10.5. The Morgan fingerprint density at radius 1 is 1.39 bits per heavy atom. The van der Waals surface area contributed by atoms with Gasteiger partial charge in [0.25, 0.3) is 5.69 Å². The van der Waals surface area contributed by atoms with Crippen molar-refractivity contribution in [3.8, 4) is 0 Å². The topological polar surface area (TPSA) is 67.2 Å². The summed E-state index contributed by atoms with van der Waals surface area (Å²) in [5.41, 5.74) is 1.68. The van der Waals surface area contributed by atoms with Crippen molar-refractivity contribution in [2.75, 3.05) is 17.7 Å². The predicted molar refractivity (Wildman–Crippen MR) is 73.1 cm³/mol. The Kier molecular flexibility index (Phi) is 3.69. The SMILES string of the molecule is CNc1cc(NC(C)CC2CC2)cc([N+](=O)[O-])c1. The van der Waals surface area contributed by atoms with Gasteiger partial charge in [-0.25, -0.2) is 0 Å². The maximum absolute atomic E-state index is 10.8. The second-order valence-electron chi connectivity index (χ2n) is 5.00. The van der Waals surface area contributed by atoms with Gasteiger partial charge in [0.2, 0.25) is 0 Å². The Balaban J connectivity index is 2.09. The average Bonchev–Trinajstić information content (AvgIpc) is 3.12. The Labute approximate surface area is 107 Å². The van der Waals surface area contributed by atoms with Crippen LogP contribution in [0.3, 0.4) is 0 Å². The molecular formula is C13H19N3O2. The van der Waals surface area contributed by atoms with Crippen LogP contribution in [0, 0.1) is 16.0 Å².